The average molecular weight is 289 g/mol. The van der Waals surface area contributed by atoms with Crippen LogP contribution in [0, 0.1) is 6.92 Å². The minimum atomic E-state index is 0.921. The summed E-state index contributed by atoms with van der Waals surface area (Å²) in [6.45, 7) is 6.09. The number of nitrogens with zero attached hydrogens (tertiary/aromatic N) is 1. The molecule has 0 bridgehead atoms. The first-order valence-electron chi connectivity index (χ1n) is 7.67. The van der Waals surface area contributed by atoms with Crippen LogP contribution < -0.4 is 0 Å². The molecule has 4 rings (SSSR count). The van der Waals surface area contributed by atoms with E-state index in [1.165, 1.54) is 5.56 Å². The zero-order valence-electron chi connectivity index (χ0n) is 13.1. The second-order valence-electron chi connectivity index (χ2n) is 4.95. The number of rotatable bonds is 1. The van der Waals surface area contributed by atoms with Crippen LogP contribution in [0.15, 0.2) is 65.2 Å². The summed E-state index contributed by atoms with van der Waals surface area (Å²) >= 11 is 0. The van der Waals surface area contributed by atoms with Crippen LogP contribution in [-0.2, 0) is 0 Å². The third-order valence-electron chi connectivity index (χ3n) is 3.68. The summed E-state index contributed by atoms with van der Waals surface area (Å²) in [6.07, 6.45) is 1.82. The number of pyridine rings is 1. The molecule has 2 aromatic carbocycles. The van der Waals surface area contributed by atoms with Crippen molar-refractivity contribution in [2.75, 3.05) is 0 Å². The van der Waals surface area contributed by atoms with Gasteiger partial charge in [0.1, 0.15) is 11.2 Å². The number of hydrogen-bond donors (Lipinski definition) is 0. The van der Waals surface area contributed by atoms with E-state index in [4.69, 9.17) is 4.42 Å². The summed E-state index contributed by atoms with van der Waals surface area (Å²) in [6, 6.07) is 18.4. The van der Waals surface area contributed by atoms with Gasteiger partial charge in [0.2, 0.25) is 0 Å². The first kappa shape index (κ1) is 14.3. The standard InChI is InChI=1S/C18H13NO.C2H6/c1-12-9-10-14-13-6-2-3-8-16(13)20-18(14)17(12)15-7-4-5-11-19-15;1-2/h2-11H,1H3;1-2H3. The molecule has 0 aliphatic carbocycles. The molecule has 0 aliphatic heterocycles. The van der Waals surface area contributed by atoms with Gasteiger partial charge in [-0.3, -0.25) is 4.98 Å². The maximum Gasteiger partial charge on any atom is 0.145 e. The summed E-state index contributed by atoms with van der Waals surface area (Å²) in [4.78, 5) is 4.47. The molecule has 0 N–H and O–H groups in total. The van der Waals surface area contributed by atoms with Crippen molar-refractivity contribution in [3.63, 3.8) is 0 Å². The molecule has 0 atom stereocenters. The molecule has 2 aromatic heterocycles. The monoisotopic (exact) mass is 289 g/mol. The first-order valence-corrected chi connectivity index (χ1v) is 7.67. The number of para-hydroxylation sites is 1. The second-order valence-corrected chi connectivity index (χ2v) is 4.95. The molecule has 22 heavy (non-hydrogen) atoms. The number of aromatic nitrogens is 1. The molecule has 0 saturated carbocycles. The lowest BCUT2D eigenvalue weighted by molar-refractivity contribution is 0.669. The first-order chi connectivity index (χ1) is 10.8. The minimum Gasteiger partial charge on any atom is -0.455 e. The van der Waals surface area contributed by atoms with Crippen LogP contribution in [0.4, 0.5) is 0 Å². The molecular formula is C20H19NO. The molecule has 2 heteroatoms. The summed E-state index contributed by atoms with van der Waals surface area (Å²) in [5.74, 6) is 0. The van der Waals surface area contributed by atoms with Gasteiger partial charge < -0.3 is 4.42 Å². The third-order valence-corrected chi connectivity index (χ3v) is 3.68. The van der Waals surface area contributed by atoms with Gasteiger partial charge in [0.15, 0.2) is 0 Å². The Morgan fingerprint density at radius 1 is 0.818 bits per heavy atom. The lowest BCUT2D eigenvalue weighted by Gasteiger charge is -2.05. The second kappa shape index (κ2) is 6.02. The van der Waals surface area contributed by atoms with Crippen molar-refractivity contribution < 1.29 is 4.42 Å². The highest BCUT2D eigenvalue weighted by atomic mass is 16.3. The zero-order chi connectivity index (χ0) is 15.5. The van der Waals surface area contributed by atoms with Crippen molar-refractivity contribution in [1.82, 2.24) is 4.98 Å². The highest BCUT2D eigenvalue weighted by Gasteiger charge is 2.14. The topological polar surface area (TPSA) is 26.0 Å². The Bertz CT molecular complexity index is 907. The van der Waals surface area contributed by atoms with Crippen molar-refractivity contribution in [2.45, 2.75) is 20.8 Å². The van der Waals surface area contributed by atoms with E-state index in [2.05, 4.69) is 30.1 Å². The van der Waals surface area contributed by atoms with Gasteiger partial charge in [-0.1, -0.05) is 50.2 Å². The van der Waals surface area contributed by atoms with Gasteiger partial charge in [-0.25, -0.2) is 0 Å². The van der Waals surface area contributed by atoms with Gasteiger partial charge in [-0.15, -0.1) is 0 Å². The van der Waals surface area contributed by atoms with Gasteiger partial charge in [0.25, 0.3) is 0 Å². The Kier molecular flexibility index (Phi) is 3.92. The molecule has 0 saturated heterocycles. The van der Waals surface area contributed by atoms with E-state index < -0.39 is 0 Å². The fourth-order valence-electron chi connectivity index (χ4n) is 2.72. The van der Waals surface area contributed by atoms with Gasteiger partial charge in [-0.05, 0) is 30.7 Å². The molecule has 0 spiro atoms. The van der Waals surface area contributed by atoms with E-state index in [0.29, 0.717) is 0 Å². The Balaban J connectivity index is 0.000000693. The van der Waals surface area contributed by atoms with Crippen LogP contribution in [0.5, 0.6) is 0 Å². The highest BCUT2D eigenvalue weighted by molar-refractivity contribution is 6.09. The van der Waals surface area contributed by atoms with Crippen molar-refractivity contribution in [1.29, 1.82) is 0 Å². The van der Waals surface area contributed by atoms with Crippen molar-refractivity contribution >= 4 is 21.9 Å². The van der Waals surface area contributed by atoms with Crippen LogP contribution in [-0.4, -0.2) is 4.98 Å². The van der Waals surface area contributed by atoms with E-state index in [1.54, 1.807) is 0 Å². The van der Waals surface area contributed by atoms with Crippen LogP contribution in [0.25, 0.3) is 33.2 Å². The smallest absolute Gasteiger partial charge is 0.145 e. The van der Waals surface area contributed by atoms with Gasteiger partial charge in [0, 0.05) is 22.5 Å². The SMILES string of the molecule is CC.Cc1ccc2c(oc3ccccc32)c1-c1ccccn1. The minimum absolute atomic E-state index is 0.921. The summed E-state index contributed by atoms with van der Waals surface area (Å²) in [5.41, 5.74) is 5.05. The third kappa shape index (κ3) is 2.27. The Hall–Kier alpha value is -2.61. The van der Waals surface area contributed by atoms with Crippen molar-refractivity contribution in [3.8, 4) is 11.3 Å². The van der Waals surface area contributed by atoms with E-state index in [0.717, 1.165) is 33.2 Å². The summed E-state index contributed by atoms with van der Waals surface area (Å²) in [7, 11) is 0. The molecule has 2 heterocycles. The van der Waals surface area contributed by atoms with Gasteiger partial charge >= 0.3 is 0 Å². The predicted octanol–water partition coefficient (Wildman–Crippen LogP) is 5.98. The molecule has 2 nitrogen and oxygen atoms in total. The fraction of sp³-hybridized carbons (Fsp3) is 0.150. The molecular weight excluding hydrogens is 270 g/mol. The number of benzene rings is 2. The molecule has 0 fully saturated rings. The fourth-order valence-corrected chi connectivity index (χ4v) is 2.72. The zero-order valence-corrected chi connectivity index (χ0v) is 13.1. The van der Waals surface area contributed by atoms with E-state index in [1.807, 2.05) is 56.4 Å². The molecule has 4 aromatic rings. The molecule has 0 aliphatic rings. The van der Waals surface area contributed by atoms with Gasteiger partial charge in [0.05, 0.1) is 5.69 Å². The van der Waals surface area contributed by atoms with E-state index >= 15 is 0 Å². The van der Waals surface area contributed by atoms with Crippen molar-refractivity contribution in [2.24, 2.45) is 0 Å². The Morgan fingerprint density at radius 2 is 1.59 bits per heavy atom. The number of hydrogen-bond acceptors (Lipinski definition) is 2. The number of aryl methyl sites for hydroxylation is 1. The Morgan fingerprint density at radius 3 is 2.36 bits per heavy atom. The number of fused-ring (bicyclic) bond motifs is 3. The molecule has 110 valence electrons. The summed E-state index contributed by atoms with van der Waals surface area (Å²) in [5, 5.41) is 2.30. The highest BCUT2D eigenvalue weighted by Crippen LogP contribution is 2.36. The maximum absolute atomic E-state index is 6.08. The predicted molar refractivity (Wildman–Crippen MR) is 93.0 cm³/mol. The quantitative estimate of drug-likeness (QED) is 0.430. The maximum atomic E-state index is 6.08. The van der Waals surface area contributed by atoms with Gasteiger partial charge in [-0.2, -0.15) is 0 Å². The van der Waals surface area contributed by atoms with Crippen LogP contribution >= 0.6 is 0 Å². The Labute approximate surface area is 130 Å². The lowest BCUT2D eigenvalue weighted by Crippen LogP contribution is -1.86. The van der Waals surface area contributed by atoms with Crippen molar-refractivity contribution in [3.05, 3.63) is 66.4 Å². The van der Waals surface area contributed by atoms with E-state index in [-0.39, 0.29) is 0 Å². The largest absolute Gasteiger partial charge is 0.455 e. The van der Waals surface area contributed by atoms with Crippen LogP contribution in [0.3, 0.4) is 0 Å². The average Bonchev–Trinajstić information content (AvgIpc) is 2.96. The molecule has 0 amide bonds. The normalized spacial score (nSPS) is 10.5. The molecule has 0 radical (unpaired) electrons. The van der Waals surface area contributed by atoms with Crippen LogP contribution in [0.1, 0.15) is 19.4 Å². The number of furan rings is 1. The molecule has 0 unspecified atom stereocenters. The lowest BCUT2D eigenvalue weighted by atomic mass is 10.0. The van der Waals surface area contributed by atoms with Crippen LogP contribution in [0.2, 0.25) is 0 Å². The summed E-state index contributed by atoms with van der Waals surface area (Å²) < 4.78 is 6.08. The van der Waals surface area contributed by atoms with E-state index in [9.17, 15) is 0 Å².